The number of carboxylic acid groups (broad SMARTS) is 1. The zero-order valence-electron chi connectivity index (χ0n) is 8.89. The lowest BCUT2D eigenvalue weighted by atomic mass is 10.3. The molecule has 1 aromatic rings. The molecule has 0 saturated carbocycles. The van der Waals surface area contributed by atoms with Crippen LogP contribution in [0.4, 0.5) is 0 Å². The van der Waals surface area contributed by atoms with Crippen LogP contribution in [0.3, 0.4) is 0 Å². The standard InChI is InChI=1S/C9H12N2O5/c1-5-7(11-4-16-5)8(12)10-3-6(15-2)9(13)14/h4,6H,3H2,1-2H3,(H,10,12)(H,13,14). The van der Waals surface area contributed by atoms with Crippen LogP contribution in [0.2, 0.25) is 0 Å². The predicted octanol–water partition coefficient (Wildman–Crippen LogP) is -0.188. The van der Waals surface area contributed by atoms with E-state index in [1.165, 1.54) is 7.11 Å². The summed E-state index contributed by atoms with van der Waals surface area (Å²) >= 11 is 0. The van der Waals surface area contributed by atoms with Crippen LogP contribution in [0.25, 0.3) is 0 Å². The van der Waals surface area contributed by atoms with Crippen LogP contribution >= 0.6 is 0 Å². The van der Waals surface area contributed by atoms with Gasteiger partial charge >= 0.3 is 5.97 Å². The molecular formula is C9H12N2O5. The maximum Gasteiger partial charge on any atom is 0.334 e. The fraction of sp³-hybridized carbons (Fsp3) is 0.444. The Labute approximate surface area is 91.4 Å². The van der Waals surface area contributed by atoms with E-state index in [-0.39, 0.29) is 12.2 Å². The van der Waals surface area contributed by atoms with Crippen LogP contribution in [-0.2, 0) is 9.53 Å². The molecule has 0 fully saturated rings. The second-order valence-corrected chi connectivity index (χ2v) is 3.03. The van der Waals surface area contributed by atoms with E-state index in [9.17, 15) is 9.59 Å². The van der Waals surface area contributed by atoms with Crippen molar-refractivity contribution in [3.8, 4) is 0 Å². The molecule has 0 spiro atoms. The Balaban J connectivity index is 2.53. The van der Waals surface area contributed by atoms with Gasteiger partial charge in [-0.25, -0.2) is 9.78 Å². The molecule has 1 aromatic heterocycles. The Bertz CT molecular complexity index is 387. The van der Waals surface area contributed by atoms with Gasteiger partial charge in [0.1, 0.15) is 5.76 Å². The summed E-state index contributed by atoms with van der Waals surface area (Å²) < 4.78 is 9.50. The van der Waals surface area contributed by atoms with Gasteiger partial charge in [0, 0.05) is 7.11 Å². The van der Waals surface area contributed by atoms with Crippen LogP contribution < -0.4 is 5.32 Å². The molecule has 7 heteroatoms. The molecule has 1 rings (SSSR count). The number of oxazole rings is 1. The molecule has 0 bridgehead atoms. The number of ether oxygens (including phenoxy) is 1. The normalized spacial score (nSPS) is 12.1. The highest BCUT2D eigenvalue weighted by molar-refractivity contribution is 5.93. The SMILES string of the molecule is COC(CNC(=O)c1ncoc1C)C(=O)O. The molecule has 2 N–H and O–H groups in total. The molecule has 1 heterocycles. The summed E-state index contributed by atoms with van der Waals surface area (Å²) in [5, 5.41) is 11.1. The fourth-order valence-electron chi connectivity index (χ4n) is 1.06. The van der Waals surface area contributed by atoms with E-state index in [4.69, 9.17) is 9.52 Å². The van der Waals surface area contributed by atoms with Crippen LogP contribution in [0, 0.1) is 6.92 Å². The summed E-state index contributed by atoms with van der Waals surface area (Å²) in [6.07, 6.45) is 0.0751. The van der Waals surface area contributed by atoms with Gasteiger partial charge in [-0.1, -0.05) is 0 Å². The summed E-state index contributed by atoms with van der Waals surface area (Å²) in [5.41, 5.74) is 0.139. The molecule has 0 aliphatic heterocycles. The monoisotopic (exact) mass is 228 g/mol. The van der Waals surface area contributed by atoms with Crippen molar-refractivity contribution < 1.29 is 23.8 Å². The molecule has 1 atom stereocenters. The average Bonchev–Trinajstić information content (AvgIpc) is 2.64. The number of carbonyl (C=O) groups is 2. The van der Waals surface area contributed by atoms with Crippen molar-refractivity contribution in [2.24, 2.45) is 0 Å². The van der Waals surface area contributed by atoms with E-state index in [0.717, 1.165) is 6.39 Å². The maximum absolute atomic E-state index is 11.5. The van der Waals surface area contributed by atoms with Crippen molar-refractivity contribution in [2.45, 2.75) is 13.0 Å². The summed E-state index contributed by atoms with van der Waals surface area (Å²) in [6.45, 7) is 1.46. The van der Waals surface area contributed by atoms with Crippen molar-refractivity contribution in [1.29, 1.82) is 0 Å². The number of amides is 1. The van der Waals surface area contributed by atoms with Gasteiger partial charge in [-0.15, -0.1) is 0 Å². The molecular weight excluding hydrogens is 216 g/mol. The molecule has 0 aliphatic carbocycles. The number of aryl methyl sites for hydroxylation is 1. The zero-order valence-corrected chi connectivity index (χ0v) is 8.89. The van der Waals surface area contributed by atoms with Crippen LogP contribution in [0.15, 0.2) is 10.8 Å². The van der Waals surface area contributed by atoms with E-state index in [0.29, 0.717) is 5.76 Å². The summed E-state index contributed by atoms with van der Waals surface area (Å²) in [7, 11) is 1.26. The molecule has 0 saturated heterocycles. The third-order valence-corrected chi connectivity index (χ3v) is 1.97. The summed E-state index contributed by atoms with van der Waals surface area (Å²) in [6, 6.07) is 0. The number of hydrogen-bond donors (Lipinski definition) is 2. The second kappa shape index (κ2) is 5.26. The van der Waals surface area contributed by atoms with Gasteiger partial charge in [-0.2, -0.15) is 0 Å². The first kappa shape index (κ1) is 12.2. The van der Waals surface area contributed by atoms with Gasteiger partial charge < -0.3 is 19.6 Å². The van der Waals surface area contributed by atoms with Crippen LogP contribution in [0.5, 0.6) is 0 Å². The zero-order chi connectivity index (χ0) is 12.1. The number of nitrogens with one attached hydrogen (secondary N) is 1. The number of aliphatic carboxylic acids is 1. The van der Waals surface area contributed by atoms with Crippen molar-refractivity contribution >= 4 is 11.9 Å². The Morgan fingerprint density at radius 2 is 2.38 bits per heavy atom. The van der Waals surface area contributed by atoms with Gasteiger partial charge in [-0.3, -0.25) is 4.79 Å². The van der Waals surface area contributed by atoms with E-state index in [2.05, 4.69) is 15.0 Å². The van der Waals surface area contributed by atoms with Crippen LogP contribution in [0.1, 0.15) is 16.2 Å². The van der Waals surface area contributed by atoms with Gasteiger partial charge in [0.25, 0.3) is 5.91 Å². The minimum atomic E-state index is -1.14. The first-order valence-corrected chi connectivity index (χ1v) is 4.50. The highest BCUT2D eigenvalue weighted by atomic mass is 16.5. The highest BCUT2D eigenvalue weighted by Crippen LogP contribution is 2.03. The van der Waals surface area contributed by atoms with Crippen LogP contribution in [-0.4, -0.2) is 41.7 Å². The number of methoxy groups -OCH3 is 1. The van der Waals surface area contributed by atoms with Crippen molar-refractivity contribution in [1.82, 2.24) is 10.3 Å². The van der Waals surface area contributed by atoms with Crippen molar-refractivity contribution in [3.63, 3.8) is 0 Å². The minimum absolute atomic E-state index is 0.128. The third-order valence-electron chi connectivity index (χ3n) is 1.97. The van der Waals surface area contributed by atoms with E-state index >= 15 is 0 Å². The van der Waals surface area contributed by atoms with Gasteiger partial charge in [0.05, 0.1) is 6.54 Å². The first-order valence-electron chi connectivity index (χ1n) is 4.50. The quantitative estimate of drug-likeness (QED) is 0.724. The molecule has 0 radical (unpaired) electrons. The number of nitrogens with zero attached hydrogens (tertiary/aromatic N) is 1. The van der Waals surface area contributed by atoms with E-state index in [1.54, 1.807) is 6.92 Å². The summed E-state index contributed by atoms with van der Waals surface area (Å²) in [5.74, 6) is -1.25. The molecule has 0 aliphatic rings. The smallest absolute Gasteiger partial charge is 0.334 e. The van der Waals surface area contributed by atoms with E-state index in [1.807, 2.05) is 0 Å². The first-order chi connectivity index (χ1) is 7.56. The topological polar surface area (TPSA) is 102 Å². The summed E-state index contributed by atoms with van der Waals surface area (Å²) in [4.78, 5) is 25.8. The molecule has 1 unspecified atom stereocenters. The lowest BCUT2D eigenvalue weighted by Gasteiger charge is -2.10. The average molecular weight is 228 g/mol. The lowest BCUT2D eigenvalue weighted by molar-refractivity contribution is -0.148. The largest absolute Gasteiger partial charge is 0.479 e. The number of rotatable bonds is 5. The minimum Gasteiger partial charge on any atom is -0.479 e. The Hall–Kier alpha value is -1.89. The molecule has 16 heavy (non-hydrogen) atoms. The second-order valence-electron chi connectivity index (χ2n) is 3.03. The molecule has 88 valence electrons. The lowest BCUT2D eigenvalue weighted by Crippen LogP contribution is -2.38. The Morgan fingerprint density at radius 1 is 1.69 bits per heavy atom. The number of aromatic nitrogens is 1. The van der Waals surface area contributed by atoms with Gasteiger partial charge in [0.15, 0.2) is 18.2 Å². The Kier molecular flexibility index (Phi) is 4.01. The van der Waals surface area contributed by atoms with E-state index < -0.39 is 18.0 Å². The number of carbonyl (C=O) groups excluding carboxylic acids is 1. The van der Waals surface area contributed by atoms with Crippen molar-refractivity contribution in [2.75, 3.05) is 13.7 Å². The maximum atomic E-state index is 11.5. The van der Waals surface area contributed by atoms with Crippen molar-refractivity contribution in [3.05, 3.63) is 17.8 Å². The highest BCUT2D eigenvalue weighted by Gasteiger charge is 2.19. The number of hydrogen-bond acceptors (Lipinski definition) is 5. The molecule has 1 amide bonds. The third kappa shape index (κ3) is 2.80. The Morgan fingerprint density at radius 3 is 2.81 bits per heavy atom. The molecule has 7 nitrogen and oxygen atoms in total. The number of carboxylic acids is 1. The predicted molar refractivity (Wildman–Crippen MR) is 52.0 cm³/mol. The van der Waals surface area contributed by atoms with Gasteiger partial charge in [0.2, 0.25) is 0 Å². The molecule has 0 aromatic carbocycles. The van der Waals surface area contributed by atoms with Gasteiger partial charge in [-0.05, 0) is 6.92 Å². The fourth-order valence-corrected chi connectivity index (χ4v) is 1.06.